The molecule has 0 fully saturated rings. The predicted molar refractivity (Wildman–Crippen MR) is 92.8 cm³/mol. The molecule has 0 spiro atoms. The molecular formula is C19H19N3O4. The summed E-state index contributed by atoms with van der Waals surface area (Å²) in [6.45, 7) is 5.38. The van der Waals surface area contributed by atoms with E-state index in [-0.39, 0.29) is 12.2 Å². The third-order valence-corrected chi connectivity index (χ3v) is 4.42. The Morgan fingerprint density at radius 2 is 2.00 bits per heavy atom. The maximum Gasteiger partial charge on any atom is 0.167 e. The van der Waals surface area contributed by atoms with Crippen LogP contribution in [0, 0.1) is 13.8 Å². The van der Waals surface area contributed by atoms with Crippen LogP contribution in [0.15, 0.2) is 35.1 Å². The Hall–Kier alpha value is -3.09. The second-order valence-corrected chi connectivity index (χ2v) is 6.31. The lowest BCUT2D eigenvalue weighted by Crippen LogP contribution is -2.16. The summed E-state index contributed by atoms with van der Waals surface area (Å²) in [7, 11) is 0. The van der Waals surface area contributed by atoms with Crippen LogP contribution in [0.3, 0.4) is 0 Å². The molecule has 0 unspecified atom stereocenters. The van der Waals surface area contributed by atoms with Gasteiger partial charge in [-0.3, -0.25) is 9.48 Å². The van der Waals surface area contributed by atoms with Crippen LogP contribution in [-0.4, -0.2) is 33.9 Å². The van der Waals surface area contributed by atoms with Crippen LogP contribution in [0.2, 0.25) is 0 Å². The Kier molecular flexibility index (Phi) is 4.20. The average Bonchev–Trinajstić information content (AvgIpc) is 3.22. The highest BCUT2D eigenvalue weighted by atomic mass is 16.6. The van der Waals surface area contributed by atoms with E-state index in [1.165, 1.54) is 0 Å². The van der Waals surface area contributed by atoms with E-state index in [4.69, 9.17) is 14.0 Å². The fourth-order valence-corrected chi connectivity index (χ4v) is 2.98. The number of hydrogen-bond acceptors (Lipinski definition) is 6. The molecule has 3 aromatic rings. The molecule has 0 radical (unpaired) electrons. The zero-order valence-electron chi connectivity index (χ0n) is 14.7. The maximum absolute atomic E-state index is 12.6. The number of carbonyl (C=O) groups is 1. The van der Waals surface area contributed by atoms with Crippen LogP contribution in [0.1, 0.15) is 32.9 Å². The number of ether oxygens (including phenoxy) is 2. The summed E-state index contributed by atoms with van der Waals surface area (Å²) in [5, 5.41) is 8.29. The number of rotatable bonds is 5. The van der Waals surface area contributed by atoms with Crippen molar-refractivity contribution in [3.63, 3.8) is 0 Å². The Labute approximate surface area is 150 Å². The van der Waals surface area contributed by atoms with E-state index in [1.807, 2.05) is 20.0 Å². The summed E-state index contributed by atoms with van der Waals surface area (Å²) in [6, 6.07) is 5.29. The van der Waals surface area contributed by atoms with Crippen molar-refractivity contribution < 1.29 is 18.8 Å². The highest BCUT2D eigenvalue weighted by molar-refractivity contribution is 5.98. The number of benzene rings is 1. The number of aryl methyl sites for hydroxylation is 2. The Morgan fingerprint density at radius 1 is 1.19 bits per heavy atom. The summed E-state index contributed by atoms with van der Waals surface area (Å²) >= 11 is 0. The van der Waals surface area contributed by atoms with Gasteiger partial charge in [-0.05, 0) is 37.6 Å². The summed E-state index contributed by atoms with van der Waals surface area (Å²) < 4.78 is 18.0. The van der Waals surface area contributed by atoms with Crippen LogP contribution in [0.4, 0.5) is 0 Å². The fourth-order valence-electron chi connectivity index (χ4n) is 2.98. The van der Waals surface area contributed by atoms with Gasteiger partial charge in [0.15, 0.2) is 17.3 Å². The summed E-state index contributed by atoms with van der Waals surface area (Å²) in [4.78, 5) is 12.6. The molecule has 7 nitrogen and oxygen atoms in total. The largest absolute Gasteiger partial charge is 0.486 e. The van der Waals surface area contributed by atoms with Gasteiger partial charge in [-0.2, -0.15) is 5.10 Å². The number of ketones is 1. The third kappa shape index (κ3) is 3.20. The molecule has 0 amide bonds. The van der Waals surface area contributed by atoms with Crippen LogP contribution < -0.4 is 9.47 Å². The lowest BCUT2D eigenvalue weighted by molar-refractivity contribution is 0.0991. The highest BCUT2D eigenvalue weighted by Crippen LogP contribution is 2.31. The van der Waals surface area contributed by atoms with Crippen LogP contribution in [-0.2, 0) is 13.0 Å². The van der Waals surface area contributed by atoms with Gasteiger partial charge >= 0.3 is 0 Å². The summed E-state index contributed by atoms with van der Waals surface area (Å²) in [5.41, 5.74) is 3.33. The van der Waals surface area contributed by atoms with E-state index in [9.17, 15) is 4.79 Å². The number of nitrogens with zero attached hydrogens (tertiary/aromatic N) is 3. The minimum absolute atomic E-state index is 0.0128. The number of fused-ring (bicyclic) bond motifs is 1. The van der Waals surface area contributed by atoms with Gasteiger partial charge in [-0.1, -0.05) is 5.16 Å². The topological polar surface area (TPSA) is 79.4 Å². The minimum atomic E-state index is 0.0128. The molecule has 0 aliphatic carbocycles. The molecule has 4 rings (SSSR count). The number of Topliss-reactive ketones (excluding diaryl/α,β-unsaturated/α-hetero) is 1. The third-order valence-electron chi connectivity index (χ3n) is 4.42. The van der Waals surface area contributed by atoms with Crippen molar-refractivity contribution in [2.24, 2.45) is 0 Å². The van der Waals surface area contributed by atoms with E-state index in [2.05, 4.69) is 10.3 Å². The highest BCUT2D eigenvalue weighted by Gasteiger charge is 2.16. The fraction of sp³-hybridized carbons (Fsp3) is 0.316. The van der Waals surface area contributed by atoms with Gasteiger partial charge in [0.05, 0.1) is 18.4 Å². The molecule has 0 saturated carbocycles. The van der Waals surface area contributed by atoms with Gasteiger partial charge in [0.1, 0.15) is 19.0 Å². The van der Waals surface area contributed by atoms with E-state index in [0.29, 0.717) is 36.8 Å². The van der Waals surface area contributed by atoms with Crippen molar-refractivity contribution in [3.05, 3.63) is 58.7 Å². The van der Waals surface area contributed by atoms with E-state index < -0.39 is 0 Å². The molecule has 0 atom stereocenters. The molecule has 2 aromatic heterocycles. The quantitative estimate of drug-likeness (QED) is 0.656. The minimum Gasteiger partial charge on any atom is -0.486 e. The molecule has 0 N–H and O–H groups in total. The van der Waals surface area contributed by atoms with E-state index in [1.54, 1.807) is 29.1 Å². The molecular weight excluding hydrogens is 334 g/mol. The standard InChI is InChI=1S/C19H19N3O4/c1-12-16(13(2)26-21-12)11-22-10-14(9-20-22)7-17(23)15-3-4-18-19(8-15)25-6-5-24-18/h3-4,8-10H,5-7,11H2,1-2H3. The van der Waals surface area contributed by atoms with Crippen molar-refractivity contribution in [3.8, 4) is 11.5 Å². The molecule has 1 aliphatic heterocycles. The summed E-state index contributed by atoms with van der Waals surface area (Å²) in [6.07, 6.45) is 3.87. The number of carbonyl (C=O) groups excluding carboxylic acids is 1. The Morgan fingerprint density at radius 3 is 2.77 bits per heavy atom. The van der Waals surface area contributed by atoms with Crippen molar-refractivity contribution in [1.82, 2.24) is 14.9 Å². The first-order valence-electron chi connectivity index (χ1n) is 8.46. The maximum atomic E-state index is 12.6. The lowest BCUT2D eigenvalue weighted by Gasteiger charge is -2.18. The summed E-state index contributed by atoms with van der Waals surface area (Å²) in [5.74, 6) is 2.10. The number of aromatic nitrogens is 3. The molecule has 1 aliphatic rings. The zero-order valence-corrected chi connectivity index (χ0v) is 14.7. The van der Waals surface area contributed by atoms with Crippen molar-refractivity contribution in [2.45, 2.75) is 26.8 Å². The lowest BCUT2D eigenvalue weighted by atomic mass is 10.0. The van der Waals surface area contributed by atoms with Crippen molar-refractivity contribution in [1.29, 1.82) is 0 Å². The number of hydrogen-bond donors (Lipinski definition) is 0. The molecule has 0 bridgehead atoms. The van der Waals surface area contributed by atoms with Gasteiger partial charge in [-0.15, -0.1) is 0 Å². The Balaban J connectivity index is 1.46. The van der Waals surface area contributed by atoms with Crippen LogP contribution in [0.5, 0.6) is 11.5 Å². The molecule has 7 heteroatoms. The monoisotopic (exact) mass is 353 g/mol. The van der Waals surface area contributed by atoms with E-state index >= 15 is 0 Å². The zero-order chi connectivity index (χ0) is 18.1. The normalized spacial score (nSPS) is 13.0. The molecule has 3 heterocycles. The predicted octanol–water partition coefficient (Wildman–Crippen LogP) is 2.73. The van der Waals surface area contributed by atoms with Gasteiger partial charge in [0, 0.05) is 23.7 Å². The molecule has 1 aromatic carbocycles. The smallest absolute Gasteiger partial charge is 0.167 e. The first-order valence-corrected chi connectivity index (χ1v) is 8.46. The van der Waals surface area contributed by atoms with Crippen molar-refractivity contribution >= 4 is 5.78 Å². The van der Waals surface area contributed by atoms with Gasteiger partial charge in [-0.25, -0.2) is 0 Å². The molecule has 26 heavy (non-hydrogen) atoms. The second kappa shape index (κ2) is 6.67. The van der Waals surface area contributed by atoms with Gasteiger partial charge < -0.3 is 14.0 Å². The van der Waals surface area contributed by atoms with Crippen LogP contribution >= 0.6 is 0 Å². The van der Waals surface area contributed by atoms with Crippen molar-refractivity contribution in [2.75, 3.05) is 13.2 Å². The second-order valence-electron chi connectivity index (χ2n) is 6.31. The SMILES string of the molecule is Cc1noc(C)c1Cn1cc(CC(=O)c2ccc3c(c2)OCCO3)cn1. The van der Waals surface area contributed by atoms with E-state index in [0.717, 1.165) is 22.6 Å². The van der Waals surface area contributed by atoms with Crippen LogP contribution in [0.25, 0.3) is 0 Å². The molecule has 134 valence electrons. The Bertz CT molecular complexity index is 938. The molecule has 0 saturated heterocycles. The first kappa shape index (κ1) is 16.4. The average molecular weight is 353 g/mol. The van der Waals surface area contributed by atoms with Gasteiger partial charge in [0.25, 0.3) is 0 Å². The first-order chi connectivity index (χ1) is 12.6. The van der Waals surface area contributed by atoms with Gasteiger partial charge in [0.2, 0.25) is 0 Å².